The zero-order valence-corrected chi connectivity index (χ0v) is 8.26. The van der Waals surface area contributed by atoms with Crippen molar-refractivity contribution in [3.63, 3.8) is 0 Å². The minimum absolute atomic E-state index is 0. The zero-order chi connectivity index (χ0) is 6.53. The van der Waals surface area contributed by atoms with Crippen LogP contribution in [-0.2, 0) is 4.74 Å². The molecule has 1 atom stereocenters. The molecule has 1 fully saturated rings. The van der Waals surface area contributed by atoms with Gasteiger partial charge in [0.2, 0.25) is 0 Å². The summed E-state index contributed by atoms with van der Waals surface area (Å²) in [6.45, 7) is 3.70. The van der Waals surface area contributed by atoms with E-state index in [-0.39, 0.29) is 24.8 Å². The average Bonchev–Trinajstić information content (AvgIpc) is 1.91. The molecule has 0 unspecified atom stereocenters. The quantitative estimate of drug-likeness (QED) is 0.664. The van der Waals surface area contributed by atoms with E-state index in [1.165, 1.54) is 0 Å². The highest BCUT2D eigenvalue weighted by molar-refractivity contribution is 5.85. The molecule has 1 saturated heterocycles. The molecule has 1 aliphatic rings. The summed E-state index contributed by atoms with van der Waals surface area (Å²) in [5.74, 6) is 0. The summed E-state index contributed by atoms with van der Waals surface area (Å²) < 4.78 is 5.23. The molecule has 1 aliphatic heterocycles. The second kappa shape index (κ2) is 8.56. The predicted octanol–water partition coefficient (Wildman–Crippen LogP) is 0.0378. The van der Waals surface area contributed by atoms with Crippen LogP contribution in [0, 0.1) is 0 Å². The molecule has 5 heteroatoms. The van der Waals surface area contributed by atoms with E-state index < -0.39 is 0 Å². The van der Waals surface area contributed by atoms with Crippen LogP contribution < -0.4 is 10.6 Å². The van der Waals surface area contributed by atoms with Gasteiger partial charge in [0.05, 0.1) is 13.2 Å². The van der Waals surface area contributed by atoms with Gasteiger partial charge in [0, 0.05) is 19.1 Å². The van der Waals surface area contributed by atoms with Gasteiger partial charge in [-0.1, -0.05) is 0 Å². The van der Waals surface area contributed by atoms with E-state index in [0.29, 0.717) is 6.04 Å². The maximum Gasteiger partial charge on any atom is 0.0632 e. The highest BCUT2D eigenvalue weighted by Gasteiger charge is 2.10. The lowest BCUT2D eigenvalue weighted by Crippen LogP contribution is -2.46. The van der Waals surface area contributed by atoms with Gasteiger partial charge in [0.1, 0.15) is 0 Å². The first-order chi connectivity index (χ1) is 4.43. The van der Waals surface area contributed by atoms with Gasteiger partial charge >= 0.3 is 0 Å². The smallest absolute Gasteiger partial charge is 0.0632 e. The van der Waals surface area contributed by atoms with Gasteiger partial charge in [-0.25, -0.2) is 0 Å². The van der Waals surface area contributed by atoms with E-state index in [4.69, 9.17) is 4.74 Å². The van der Waals surface area contributed by atoms with E-state index in [9.17, 15) is 0 Å². The molecule has 1 rings (SSSR count). The van der Waals surface area contributed by atoms with Crippen molar-refractivity contribution in [2.75, 3.05) is 33.4 Å². The maximum atomic E-state index is 5.23. The predicted molar refractivity (Wildman–Crippen MR) is 51.0 cm³/mol. The van der Waals surface area contributed by atoms with Crippen molar-refractivity contribution in [1.29, 1.82) is 0 Å². The fourth-order valence-electron chi connectivity index (χ4n) is 0.997. The Morgan fingerprint density at radius 1 is 1.55 bits per heavy atom. The third-order valence-corrected chi connectivity index (χ3v) is 1.45. The molecule has 0 amide bonds. The Balaban J connectivity index is 0. The molecule has 0 aliphatic carbocycles. The third-order valence-electron chi connectivity index (χ3n) is 1.45. The molecular formula is C6H16Cl2N2O. The van der Waals surface area contributed by atoms with Crippen molar-refractivity contribution >= 4 is 24.8 Å². The minimum atomic E-state index is 0. The number of morpholine rings is 1. The van der Waals surface area contributed by atoms with Gasteiger partial charge in [0.15, 0.2) is 0 Å². The van der Waals surface area contributed by atoms with E-state index >= 15 is 0 Å². The van der Waals surface area contributed by atoms with E-state index in [1.807, 2.05) is 7.05 Å². The van der Waals surface area contributed by atoms with Crippen LogP contribution in [0.5, 0.6) is 0 Å². The fourth-order valence-corrected chi connectivity index (χ4v) is 0.997. The first kappa shape index (κ1) is 14.0. The maximum absolute atomic E-state index is 5.23. The van der Waals surface area contributed by atoms with Crippen molar-refractivity contribution in [2.24, 2.45) is 0 Å². The summed E-state index contributed by atoms with van der Waals surface area (Å²) in [7, 11) is 1.95. The Labute approximate surface area is 80.1 Å². The summed E-state index contributed by atoms with van der Waals surface area (Å²) in [5.41, 5.74) is 0. The van der Waals surface area contributed by atoms with Gasteiger partial charge in [-0.3, -0.25) is 0 Å². The first-order valence-electron chi connectivity index (χ1n) is 3.39. The molecule has 1 heterocycles. The van der Waals surface area contributed by atoms with E-state index in [1.54, 1.807) is 0 Å². The molecule has 70 valence electrons. The summed E-state index contributed by atoms with van der Waals surface area (Å²) in [5, 5.41) is 6.43. The largest absolute Gasteiger partial charge is 0.378 e. The molecule has 0 aromatic rings. The van der Waals surface area contributed by atoms with E-state index in [0.717, 1.165) is 26.3 Å². The van der Waals surface area contributed by atoms with Crippen LogP contribution in [0.4, 0.5) is 0 Å². The summed E-state index contributed by atoms with van der Waals surface area (Å²) in [4.78, 5) is 0. The second-order valence-corrected chi connectivity index (χ2v) is 2.28. The highest BCUT2D eigenvalue weighted by atomic mass is 35.5. The summed E-state index contributed by atoms with van der Waals surface area (Å²) in [6, 6.07) is 0.517. The lowest BCUT2D eigenvalue weighted by atomic mass is 10.3. The summed E-state index contributed by atoms with van der Waals surface area (Å²) >= 11 is 0. The molecule has 2 N–H and O–H groups in total. The van der Waals surface area contributed by atoms with Gasteiger partial charge in [-0.15, -0.1) is 24.8 Å². The molecule has 0 spiro atoms. The second-order valence-electron chi connectivity index (χ2n) is 2.28. The van der Waals surface area contributed by atoms with E-state index in [2.05, 4.69) is 10.6 Å². The lowest BCUT2D eigenvalue weighted by Gasteiger charge is -2.23. The number of likely N-dealkylation sites (N-methyl/N-ethyl adjacent to an activating group) is 1. The van der Waals surface area contributed by atoms with Gasteiger partial charge < -0.3 is 15.4 Å². The number of halogens is 2. The van der Waals surface area contributed by atoms with Crippen molar-refractivity contribution < 1.29 is 4.74 Å². The molecule has 0 radical (unpaired) electrons. The highest BCUT2D eigenvalue weighted by Crippen LogP contribution is 1.89. The molecule has 0 aromatic heterocycles. The van der Waals surface area contributed by atoms with Crippen LogP contribution >= 0.6 is 24.8 Å². The molecule has 11 heavy (non-hydrogen) atoms. The van der Waals surface area contributed by atoms with Crippen molar-refractivity contribution in [2.45, 2.75) is 6.04 Å². The lowest BCUT2D eigenvalue weighted by molar-refractivity contribution is 0.0773. The monoisotopic (exact) mass is 202 g/mol. The number of rotatable bonds is 2. The van der Waals surface area contributed by atoms with Crippen LogP contribution in [0.15, 0.2) is 0 Å². The van der Waals surface area contributed by atoms with Crippen LogP contribution in [0.1, 0.15) is 0 Å². The minimum Gasteiger partial charge on any atom is -0.378 e. The Morgan fingerprint density at radius 3 is 2.73 bits per heavy atom. The van der Waals surface area contributed by atoms with Gasteiger partial charge in [0.25, 0.3) is 0 Å². The number of hydrogen-bond donors (Lipinski definition) is 2. The normalized spacial score (nSPS) is 23.2. The van der Waals surface area contributed by atoms with Crippen LogP contribution in [0.3, 0.4) is 0 Å². The standard InChI is InChI=1S/C6H14N2O.2ClH/c1-7-4-6-5-9-3-2-8-6;;/h6-8H,2-5H2,1H3;2*1H/t6-;;/m1../s1. The number of ether oxygens (including phenoxy) is 1. The van der Waals surface area contributed by atoms with Crippen molar-refractivity contribution in [1.82, 2.24) is 10.6 Å². The Kier molecular flexibility index (Phi) is 10.9. The Morgan fingerprint density at radius 2 is 2.27 bits per heavy atom. The molecule has 0 bridgehead atoms. The third kappa shape index (κ3) is 5.70. The molecule has 0 saturated carbocycles. The average molecular weight is 203 g/mol. The topological polar surface area (TPSA) is 33.3 Å². The molecule has 0 aromatic carbocycles. The zero-order valence-electron chi connectivity index (χ0n) is 6.63. The SMILES string of the molecule is CNC[C@@H]1COCCN1.Cl.Cl. The Hall–Kier alpha value is 0.460. The molecular weight excluding hydrogens is 187 g/mol. The van der Waals surface area contributed by atoms with Crippen LogP contribution in [-0.4, -0.2) is 39.4 Å². The summed E-state index contributed by atoms with van der Waals surface area (Å²) in [6.07, 6.45) is 0. The van der Waals surface area contributed by atoms with Crippen LogP contribution in [0.25, 0.3) is 0 Å². The van der Waals surface area contributed by atoms with Crippen LogP contribution in [0.2, 0.25) is 0 Å². The number of nitrogens with one attached hydrogen (secondary N) is 2. The van der Waals surface area contributed by atoms with Crippen molar-refractivity contribution in [3.05, 3.63) is 0 Å². The van der Waals surface area contributed by atoms with Gasteiger partial charge in [-0.2, -0.15) is 0 Å². The van der Waals surface area contributed by atoms with Gasteiger partial charge in [-0.05, 0) is 7.05 Å². The fraction of sp³-hybridized carbons (Fsp3) is 1.00. The number of hydrogen-bond acceptors (Lipinski definition) is 3. The first-order valence-corrected chi connectivity index (χ1v) is 3.39. The Bertz CT molecular complexity index is 76.2. The molecule has 3 nitrogen and oxygen atoms in total. The van der Waals surface area contributed by atoms with Crippen molar-refractivity contribution in [3.8, 4) is 0 Å².